The molecule has 0 amide bonds. The molecule has 0 aromatic heterocycles. The zero-order chi connectivity index (χ0) is 59.7. The maximum absolute atomic E-state index is 2.61. The van der Waals surface area contributed by atoms with Gasteiger partial charge in [-0.05, 0) is 192 Å². The van der Waals surface area contributed by atoms with Crippen molar-refractivity contribution in [2.45, 2.75) is 246 Å². The molecule has 12 rings (SSSR count). The molecular weight excluding hydrogens is 1020 g/mol. The van der Waals surface area contributed by atoms with Crippen LogP contribution in [0.15, 0.2) is 144 Å². The van der Waals surface area contributed by atoms with E-state index >= 15 is 0 Å². The minimum atomic E-state index is -0.834. The van der Waals surface area contributed by atoms with Crippen molar-refractivity contribution in [2.24, 2.45) is 16.2 Å². The molecular formula is C83H108Si. The molecule has 6 aromatic rings. The van der Waals surface area contributed by atoms with Gasteiger partial charge in [0.05, 0.1) is 0 Å². The molecule has 0 aliphatic heterocycles. The van der Waals surface area contributed by atoms with Crippen LogP contribution in [0.2, 0.25) is 13.1 Å². The Bertz CT molecular complexity index is 3310. The largest absolute Gasteiger partial charge is 0.0714 e. The van der Waals surface area contributed by atoms with Gasteiger partial charge in [0.15, 0.2) is 0 Å². The molecule has 84 heavy (non-hydrogen) atoms. The first-order valence-corrected chi connectivity index (χ1v) is 36.6. The Morgan fingerprint density at radius 1 is 0.393 bits per heavy atom. The lowest BCUT2D eigenvalue weighted by atomic mass is 9.71. The molecule has 3 saturated carbocycles. The van der Waals surface area contributed by atoms with E-state index in [1.165, 1.54) is 193 Å². The Morgan fingerprint density at radius 2 is 0.786 bits per heavy atom. The van der Waals surface area contributed by atoms with Crippen LogP contribution in [-0.2, 0) is 29.1 Å². The normalized spacial score (nSPS) is 19.6. The zero-order valence-electron chi connectivity index (χ0n) is 55.2. The Morgan fingerprint density at radius 3 is 1.24 bits per heavy atom. The first-order chi connectivity index (χ1) is 39.9. The van der Waals surface area contributed by atoms with Crippen molar-refractivity contribution in [1.82, 2.24) is 0 Å². The van der Waals surface area contributed by atoms with Gasteiger partial charge in [-0.3, -0.25) is 0 Å². The van der Waals surface area contributed by atoms with Gasteiger partial charge in [-0.25, -0.2) is 0 Å². The molecule has 0 radical (unpaired) electrons. The van der Waals surface area contributed by atoms with Gasteiger partial charge < -0.3 is 0 Å². The SMILES string of the molecule is CC1(CC2=Cc3c(cccc3-c3ccc(C(C)(C)C)cc3)C2)CCCCC1.CC1(CC2=Cc3cccc(-c4ccc(C(C)(C)C)cc4)c3C2)CCCCC1.C[SiH](C)C1C(CC2(C)CCCCC2)=Cc2c(-c3ccc(C(C)(C)C)cc3)cccc21. The molecule has 1 heteroatoms. The second kappa shape index (κ2) is 25.2. The van der Waals surface area contributed by atoms with Crippen LogP contribution in [0.4, 0.5) is 0 Å². The molecule has 0 nitrogen and oxygen atoms in total. The Balaban J connectivity index is 0.000000141. The fourth-order valence-corrected chi connectivity index (χ4v) is 18.2. The van der Waals surface area contributed by atoms with E-state index < -0.39 is 8.80 Å². The summed E-state index contributed by atoms with van der Waals surface area (Å²) in [6, 6.07) is 48.6. The van der Waals surface area contributed by atoms with Gasteiger partial charge in [-0.1, -0.05) is 316 Å². The number of benzene rings is 6. The number of allylic oxidation sites excluding steroid dienone is 3. The minimum Gasteiger partial charge on any atom is -0.0714 e. The molecule has 3 fully saturated rings. The van der Waals surface area contributed by atoms with Crippen molar-refractivity contribution >= 4 is 27.0 Å². The van der Waals surface area contributed by atoms with Crippen molar-refractivity contribution in [2.75, 3.05) is 0 Å². The molecule has 0 bridgehead atoms. The molecule has 0 N–H and O–H groups in total. The van der Waals surface area contributed by atoms with E-state index in [9.17, 15) is 0 Å². The van der Waals surface area contributed by atoms with Gasteiger partial charge in [0.1, 0.15) is 0 Å². The molecule has 0 heterocycles. The lowest BCUT2D eigenvalue weighted by Gasteiger charge is -2.36. The van der Waals surface area contributed by atoms with Gasteiger partial charge in [-0.2, -0.15) is 0 Å². The second-order valence-corrected chi connectivity index (χ2v) is 35.2. The Kier molecular flexibility index (Phi) is 18.6. The summed E-state index contributed by atoms with van der Waals surface area (Å²) in [4.78, 5) is 0. The quantitative estimate of drug-likeness (QED) is 0.120. The third-order valence-corrected chi connectivity index (χ3v) is 23.2. The Hall–Kier alpha value is -5.24. The highest BCUT2D eigenvalue weighted by molar-refractivity contribution is 6.58. The van der Waals surface area contributed by atoms with Crippen LogP contribution in [0.3, 0.4) is 0 Å². The average molecular weight is 1130 g/mol. The average Bonchev–Trinajstić information content (AvgIpc) is 2.53. The highest BCUT2D eigenvalue weighted by atomic mass is 28.3. The fourth-order valence-electron chi connectivity index (χ4n) is 16.1. The topological polar surface area (TPSA) is 0 Å². The van der Waals surface area contributed by atoms with Gasteiger partial charge in [0.25, 0.3) is 0 Å². The van der Waals surface area contributed by atoms with E-state index in [1.807, 2.05) is 0 Å². The van der Waals surface area contributed by atoms with Gasteiger partial charge in [-0.15, -0.1) is 0 Å². The number of fused-ring (bicyclic) bond motifs is 3. The molecule has 1 unspecified atom stereocenters. The van der Waals surface area contributed by atoms with Crippen LogP contribution in [0.5, 0.6) is 0 Å². The standard InChI is InChI=1S/C29H40Si.2C27H34/c1-28(2,3)23-15-13-21(14-16-23)24-11-10-12-25-26(24)19-22(27(25)30(5)6)20-29(4)17-8-7-9-18-29;2*1-26(2,3)23-13-11-21(12-14-23)24-10-8-9-22-17-20(18-25(22)24)19-27(4)15-6-5-7-16-27/h10-16,19,27,30H,7-9,17-18,20H2,1-6H3;8-14,18H,5-7,15-17,19H2,1-4H3;8-14,17H,5-7,15-16,18-19H2,1-4H3. The van der Waals surface area contributed by atoms with Crippen LogP contribution in [0, 0.1) is 16.2 Å². The van der Waals surface area contributed by atoms with Crippen LogP contribution in [-0.4, -0.2) is 8.80 Å². The third kappa shape index (κ3) is 14.6. The number of rotatable bonds is 10. The van der Waals surface area contributed by atoms with Crippen LogP contribution < -0.4 is 0 Å². The van der Waals surface area contributed by atoms with Crippen molar-refractivity contribution in [3.63, 3.8) is 0 Å². The summed E-state index contributed by atoms with van der Waals surface area (Å²) < 4.78 is 0. The molecule has 6 aliphatic carbocycles. The van der Waals surface area contributed by atoms with Gasteiger partial charge >= 0.3 is 0 Å². The van der Waals surface area contributed by atoms with Gasteiger partial charge in [0, 0.05) is 8.80 Å². The van der Waals surface area contributed by atoms with E-state index in [4.69, 9.17) is 0 Å². The predicted octanol–water partition coefficient (Wildman–Crippen LogP) is 24.4. The Labute approximate surface area is 514 Å². The number of hydrogen-bond donors (Lipinski definition) is 0. The lowest BCUT2D eigenvalue weighted by molar-refractivity contribution is 0.213. The number of hydrogen-bond acceptors (Lipinski definition) is 0. The molecule has 0 spiro atoms. The monoisotopic (exact) mass is 1130 g/mol. The third-order valence-electron chi connectivity index (χ3n) is 21.1. The van der Waals surface area contributed by atoms with Crippen molar-refractivity contribution in [3.05, 3.63) is 194 Å². The maximum Gasteiger partial charge on any atom is 0.0439 e. The highest BCUT2D eigenvalue weighted by Crippen LogP contribution is 2.51. The van der Waals surface area contributed by atoms with Crippen molar-refractivity contribution in [1.29, 1.82) is 0 Å². The summed E-state index contributed by atoms with van der Waals surface area (Å²) in [6.45, 7) is 33.2. The van der Waals surface area contributed by atoms with E-state index in [2.05, 4.69) is 242 Å². The smallest absolute Gasteiger partial charge is 0.0439 e. The van der Waals surface area contributed by atoms with E-state index in [1.54, 1.807) is 22.3 Å². The van der Waals surface area contributed by atoms with E-state index in [-0.39, 0.29) is 16.2 Å². The summed E-state index contributed by atoms with van der Waals surface area (Å²) in [5, 5.41) is 0. The molecule has 6 aromatic carbocycles. The van der Waals surface area contributed by atoms with E-state index in [0.29, 0.717) is 21.8 Å². The van der Waals surface area contributed by atoms with E-state index in [0.717, 1.165) is 12.8 Å². The maximum atomic E-state index is 2.61. The van der Waals surface area contributed by atoms with Crippen LogP contribution in [0.25, 0.3) is 51.6 Å². The van der Waals surface area contributed by atoms with Crippen molar-refractivity contribution < 1.29 is 0 Å². The summed E-state index contributed by atoms with van der Waals surface area (Å²) in [5.74, 6) is 0. The molecule has 0 saturated heterocycles. The fraction of sp³-hybridized carbons (Fsp3) is 0.494. The first kappa shape index (κ1) is 61.8. The van der Waals surface area contributed by atoms with Crippen molar-refractivity contribution in [3.8, 4) is 33.4 Å². The summed E-state index contributed by atoms with van der Waals surface area (Å²) >= 11 is 0. The van der Waals surface area contributed by atoms with Crippen LogP contribution in [0.1, 0.15) is 254 Å². The van der Waals surface area contributed by atoms with Crippen LogP contribution >= 0.6 is 0 Å². The summed E-state index contributed by atoms with van der Waals surface area (Å²) in [7, 11) is -0.834. The minimum absolute atomic E-state index is 0.202. The highest BCUT2D eigenvalue weighted by Gasteiger charge is 2.37. The molecule has 6 aliphatic rings. The van der Waals surface area contributed by atoms with Gasteiger partial charge in [0.2, 0.25) is 0 Å². The lowest BCUT2D eigenvalue weighted by Crippen LogP contribution is -2.24. The molecule has 444 valence electrons. The zero-order valence-corrected chi connectivity index (χ0v) is 56.3. The molecule has 1 atom stereocenters. The first-order valence-electron chi connectivity index (χ1n) is 33.7. The predicted molar refractivity (Wildman–Crippen MR) is 372 cm³/mol. The summed E-state index contributed by atoms with van der Waals surface area (Å²) in [6.07, 6.45) is 35.0. The second-order valence-electron chi connectivity index (χ2n) is 32.1. The summed E-state index contributed by atoms with van der Waals surface area (Å²) in [5.41, 5.74) is 29.6.